The minimum absolute atomic E-state index is 0.0776. The first kappa shape index (κ1) is 21.5. The van der Waals surface area contributed by atoms with Crippen molar-refractivity contribution in [3.8, 4) is 0 Å². The molecule has 0 unspecified atom stereocenters. The minimum Gasteiger partial charge on any atom is -0.385 e. The van der Waals surface area contributed by atoms with E-state index in [4.69, 9.17) is 0 Å². The highest BCUT2D eigenvalue weighted by molar-refractivity contribution is 6.03. The van der Waals surface area contributed by atoms with Crippen LogP contribution in [0.2, 0.25) is 0 Å². The molecule has 1 aliphatic carbocycles. The second-order valence-corrected chi connectivity index (χ2v) is 10.4. The number of likely N-dealkylation sites (tertiary alicyclic amines) is 1. The van der Waals surface area contributed by atoms with E-state index in [1.807, 2.05) is 13.0 Å². The third-order valence-electron chi connectivity index (χ3n) is 8.39. The fraction of sp³-hybridized carbons (Fsp3) is 0.667. The first-order valence-corrected chi connectivity index (χ1v) is 11.5. The Morgan fingerprint density at radius 2 is 1.70 bits per heavy atom. The number of piperidine rings is 1. The van der Waals surface area contributed by atoms with E-state index in [-0.39, 0.29) is 29.7 Å². The number of carbonyl (C=O) groups excluding carboxylic acids is 2. The predicted octanol–water partition coefficient (Wildman–Crippen LogP) is -0.858. The predicted molar refractivity (Wildman–Crippen MR) is 114 cm³/mol. The Morgan fingerprint density at radius 3 is 2.37 bits per heavy atom. The molecule has 4 rings (SSSR count). The zero-order valence-electron chi connectivity index (χ0n) is 18.6. The van der Waals surface area contributed by atoms with Gasteiger partial charge in [-0.1, -0.05) is 51.1 Å². The quantitative estimate of drug-likeness (QED) is 0.530. The monoisotopic (exact) mass is 415 g/mol. The Morgan fingerprint density at radius 1 is 1.07 bits per heavy atom. The lowest BCUT2D eigenvalue weighted by atomic mass is 9.62. The molecule has 30 heavy (non-hydrogen) atoms. The number of aliphatic hydroxyl groups excluding tert-OH is 1. The van der Waals surface area contributed by atoms with E-state index in [9.17, 15) is 14.7 Å². The van der Waals surface area contributed by atoms with Crippen LogP contribution < -0.4 is 9.80 Å². The van der Waals surface area contributed by atoms with Crippen LogP contribution in [-0.2, 0) is 16.1 Å². The van der Waals surface area contributed by atoms with Crippen LogP contribution in [0.1, 0.15) is 39.2 Å². The molecule has 1 aromatic rings. The first-order valence-electron chi connectivity index (χ1n) is 11.5. The Balaban J connectivity index is 1.29. The maximum absolute atomic E-state index is 13.2. The van der Waals surface area contributed by atoms with Crippen LogP contribution in [0.5, 0.6) is 0 Å². The highest BCUT2D eigenvalue weighted by Crippen LogP contribution is 2.59. The fourth-order valence-electron chi connectivity index (χ4n) is 5.91. The van der Waals surface area contributed by atoms with Crippen LogP contribution in [-0.4, -0.2) is 67.2 Å². The summed E-state index contributed by atoms with van der Waals surface area (Å²) in [4.78, 5) is 30.5. The van der Waals surface area contributed by atoms with E-state index < -0.39 is 11.5 Å². The molecule has 6 nitrogen and oxygen atoms in total. The van der Waals surface area contributed by atoms with Gasteiger partial charge in [-0.2, -0.15) is 0 Å². The number of aliphatic hydroxyl groups is 1. The van der Waals surface area contributed by atoms with E-state index in [1.165, 1.54) is 15.4 Å². The average Bonchev–Trinajstić information content (AvgIpc) is 2.91. The Kier molecular flexibility index (Phi) is 5.77. The molecule has 2 bridgehead atoms. The van der Waals surface area contributed by atoms with Gasteiger partial charge in [0, 0.05) is 11.5 Å². The standard InChI is InChI=1S/C24H35N3O3/c1-23(2)20-9-10-24(23,3)22(30)27(21(20)29)17-19(28)16-26-13-11-25(12-14-26)15-18-7-5-4-6-8-18/h4-8,19-20,28H,9-17H2,1-3H3/p+2/t19-,20-,24+/m1/s1. The van der Waals surface area contributed by atoms with Crippen molar-refractivity contribution < 1.29 is 24.5 Å². The summed E-state index contributed by atoms with van der Waals surface area (Å²) in [7, 11) is 0. The lowest BCUT2D eigenvalue weighted by molar-refractivity contribution is -1.02. The summed E-state index contributed by atoms with van der Waals surface area (Å²) < 4.78 is 0. The van der Waals surface area contributed by atoms with Crippen LogP contribution >= 0.6 is 0 Å². The number of imide groups is 1. The highest BCUT2D eigenvalue weighted by atomic mass is 16.3. The van der Waals surface area contributed by atoms with Gasteiger partial charge in [0.15, 0.2) is 0 Å². The molecule has 3 atom stereocenters. The van der Waals surface area contributed by atoms with E-state index in [1.54, 1.807) is 4.90 Å². The zero-order chi connectivity index (χ0) is 21.5. The van der Waals surface area contributed by atoms with E-state index in [2.05, 4.69) is 38.1 Å². The lowest BCUT2D eigenvalue weighted by Gasteiger charge is -2.48. The number of β-amino-alcohol motifs (C(OH)–C–C–N with tert-alkyl or cyclic N) is 1. The van der Waals surface area contributed by atoms with Crippen molar-refractivity contribution in [2.24, 2.45) is 16.7 Å². The lowest BCUT2D eigenvalue weighted by Crippen LogP contribution is -3.28. The van der Waals surface area contributed by atoms with Gasteiger partial charge >= 0.3 is 0 Å². The van der Waals surface area contributed by atoms with Gasteiger partial charge < -0.3 is 14.9 Å². The van der Waals surface area contributed by atoms with Gasteiger partial charge in [-0.15, -0.1) is 0 Å². The average molecular weight is 416 g/mol. The smallest absolute Gasteiger partial charge is 0.235 e. The topological polar surface area (TPSA) is 66.5 Å². The van der Waals surface area contributed by atoms with Gasteiger partial charge in [0.05, 0.1) is 12.0 Å². The number of hydrogen-bond donors (Lipinski definition) is 3. The Bertz CT molecular complexity index is 788. The SMILES string of the molecule is CC1(C)[C@@H]2CC[C@@]1(C)C(=O)N(C[C@H](O)C[NH+]1CC[NH+](Cc3ccccc3)CC1)C2=O. The molecule has 1 saturated carbocycles. The van der Waals surface area contributed by atoms with Crippen LogP contribution in [0.3, 0.4) is 0 Å². The third-order valence-corrected chi connectivity index (χ3v) is 8.39. The van der Waals surface area contributed by atoms with Gasteiger partial charge in [0.25, 0.3) is 0 Å². The minimum atomic E-state index is -0.659. The molecule has 3 aliphatic rings. The number of piperazine rings is 1. The number of nitrogens with zero attached hydrogens (tertiary/aromatic N) is 1. The number of carbonyl (C=O) groups is 2. The molecule has 3 fully saturated rings. The second kappa shape index (κ2) is 8.06. The summed E-state index contributed by atoms with van der Waals surface area (Å²) in [6.45, 7) is 12.1. The van der Waals surface area contributed by atoms with Crippen molar-refractivity contribution in [2.45, 2.75) is 46.3 Å². The number of hydrogen-bond acceptors (Lipinski definition) is 3. The number of nitrogens with one attached hydrogen (secondary N) is 2. The van der Waals surface area contributed by atoms with Crippen molar-refractivity contribution >= 4 is 11.8 Å². The summed E-state index contributed by atoms with van der Waals surface area (Å²) >= 11 is 0. The molecule has 0 radical (unpaired) electrons. The second-order valence-electron chi connectivity index (χ2n) is 10.4. The van der Waals surface area contributed by atoms with Gasteiger partial charge in [0.2, 0.25) is 11.8 Å². The maximum Gasteiger partial charge on any atom is 0.235 e. The van der Waals surface area contributed by atoms with Crippen LogP contribution in [0, 0.1) is 16.7 Å². The summed E-state index contributed by atoms with van der Waals surface area (Å²) in [6, 6.07) is 10.6. The van der Waals surface area contributed by atoms with Crippen molar-refractivity contribution in [2.75, 3.05) is 39.3 Å². The highest BCUT2D eigenvalue weighted by Gasteiger charge is 2.64. The summed E-state index contributed by atoms with van der Waals surface area (Å²) in [6.07, 6.45) is 0.880. The zero-order valence-corrected chi connectivity index (χ0v) is 18.6. The number of quaternary nitrogens is 2. The van der Waals surface area contributed by atoms with E-state index >= 15 is 0 Å². The van der Waals surface area contributed by atoms with Gasteiger partial charge in [-0.3, -0.25) is 14.5 Å². The Hall–Kier alpha value is -1.76. The largest absolute Gasteiger partial charge is 0.385 e. The van der Waals surface area contributed by atoms with Crippen molar-refractivity contribution in [1.29, 1.82) is 0 Å². The molecular formula is C24H37N3O3+2. The molecule has 1 aromatic carbocycles. The third kappa shape index (κ3) is 3.70. The molecule has 164 valence electrons. The summed E-state index contributed by atoms with van der Waals surface area (Å²) in [5.74, 6) is -0.270. The molecule has 2 aliphatic heterocycles. The van der Waals surface area contributed by atoms with Gasteiger partial charge in [-0.05, 0) is 18.3 Å². The molecular weight excluding hydrogens is 378 g/mol. The number of rotatable bonds is 6. The fourth-order valence-corrected chi connectivity index (χ4v) is 5.91. The first-order chi connectivity index (χ1) is 14.2. The number of fused-ring (bicyclic) bond motifs is 2. The molecule has 3 N–H and O–H groups in total. The molecule has 0 aromatic heterocycles. The van der Waals surface area contributed by atoms with E-state index in [0.717, 1.165) is 45.6 Å². The molecule has 2 amide bonds. The van der Waals surface area contributed by atoms with Crippen LogP contribution in [0.15, 0.2) is 30.3 Å². The van der Waals surface area contributed by atoms with Crippen LogP contribution in [0.25, 0.3) is 0 Å². The van der Waals surface area contributed by atoms with Gasteiger partial charge in [0.1, 0.15) is 45.4 Å². The van der Waals surface area contributed by atoms with Crippen molar-refractivity contribution in [3.63, 3.8) is 0 Å². The molecule has 0 spiro atoms. The molecule has 2 heterocycles. The maximum atomic E-state index is 13.2. The molecule has 6 heteroatoms. The summed E-state index contributed by atoms with van der Waals surface area (Å²) in [5.41, 5.74) is 0.570. The van der Waals surface area contributed by atoms with Crippen LogP contribution in [0.4, 0.5) is 0 Å². The number of amides is 2. The number of benzene rings is 1. The Labute approximate surface area is 179 Å². The van der Waals surface area contributed by atoms with Crippen molar-refractivity contribution in [3.05, 3.63) is 35.9 Å². The van der Waals surface area contributed by atoms with Gasteiger partial charge in [-0.25, -0.2) is 0 Å². The normalized spacial score (nSPS) is 34.3. The van der Waals surface area contributed by atoms with E-state index in [0.29, 0.717) is 6.54 Å². The molecule has 2 saturated heterocycles. The van der Waals surface area contributed by atoms with Crippen molar-refractivity contribution in [1.82, 2.24) is 4.90 Å². The summed E-state index contributed by atoms with van der Waals surface area (Å²) in [5, 5.41) is 10.7.